The molecule has 62 valence electrons. The first kappa shape index (κ1) is 9.49. The molecule has 1 nitrogen and oxygen atoms in total. The van der Waals surface area contributed by atoms with E-state index in [-0.39, 0.29) is 0 Å². The molecule has 1 rings (SSSR count). The van der Waals surface area contributed by atoms with Gasteiger partial charge in [0, 0.05) is 9.50 Å². The van der Waals surface area contributed by atoms with Crippen LogP contribution in [0.1, 0.15) is 5.56 Å². The number of carbonyl (C=O) groups is 1. The Bertz CT molecular complexity index is 300. The van der Waals surface area contributed by atoms with Crippen molar-refractivity contribution in [3.05, 3.63) is 39.3 Å². The molecule has 0 unspecified atom stereocenters. The van der Waals surface area contributed by atoms with E-state index in [0.29, 0.717) is 5.02 Å². The third-order valence-corrected chi connectivity index (χ3v) is 1.93. The van der Waals surface area contributed by atoms with Crippen LogP contribution in [0.5, 0.6) is 0 Å². The Labute approximate surface area is 84.2 Å². The van der Waals surface area contributed by atoms with Crippen LogP contribution in [0.25, 0.3) is 6.08 Å². The van der Waals surface area contributed by atoms with E-state index in [9.17, 15) is 4.79 Å². The number of carbonyl (C=O) groups excluding carboxylic acids is 1. The van der Waals surface area contributed by atoms with Crippen LogP contribution in [0.3, 0.4) is 0 Å². The first-order chi connectivity index (χ1) is 5.72. The van der Waals surface area contributed by atoms with E-state index in [4.69, 9.17) is 11.6 Å². The second-order valence-corrected chi connectivity index (χ2v) is 3.55. The largest absolute Gasteiger partial charge is 0.299 e. The van der Waals surface area contributed by atoms with E-state index < -0.39 is 0 Å². The second-order valence-electron chi connectivity index (χ2n) is 2.20. The van der Waals surface area contributed by atoms with Crippen LogP contribution in [0.4, 0.5) is 0 Å². The number of halogens is 2. The van der Waals surface area contributed by atoms with Crippen LogP contribution < -0.4 is 0 Å². The van der Waals surface area contributed by atoms with Crippen LogP contribution >= 0.6 is 27.5 Å². The molecule has 3 heteroatoms. The van der Waals surface area contributed by atoms with Crippen LogP contribution in [0, 0.1) is 0 Å². The van der Waals surface area contributed by atoms with E-state index in [0.717, 1.165) is 16.3 Å². The van der Waals surface area contributed by atoms with Crippen molar-refractivity contribution in [2.75, 3.05) is 0 Å². The summed E-state index contributed by atoms with van der Waals surface area (Å²) in [7, 11) is 0. The van der Waals surface area contributed by atoms with E-state index in [2.05, 4.69) is 15.9 Å². The highest BCUT2D eigenvalue weighted by Crippen LogP contribution is 2.20. The molecule has 0 bridgehead atoms. The molecule has 0 amide bonds. The fourth-order valence-electron chi connectivity index (χ4n) is 0.822. The lowest BCUT2D eigenvalue weighted by atomic mass is 10.2. The topological polar surface area (TPSA) is 17.1 Å². The Morgan fingerprint density at radius 2 is 2.08 bits per heavy atom. The maximum atomic E-state index is 10.0. The number of benzene rings is 1. The summed E-state index contributed by atoms with van der Waals surface area (Å²) < 4.78 is 0.903. The highest BCUT2D eigenvalue weighted by Gasteiger charge is 1.93. The summed E-state index contributed by atoms with van der Waals surface area (Å²) in [6, 6.07) is 5.46. The second kappa shape index (κ2) is 4.43. The van der Waals surface area contributed by atoms with Gasteiger partial charge in [0.25, 0.3) is 0 Å². The van der Waals surface area contributed by atoms with Gasteiger partial charge in [0.2, 0.25) is 0 Å². The maximum absolute atomic E-state index is 10.0. The van der Waals surface area contributed by atoms with Crippen molar-refractivity contribution in [3.8, 4) is 0 Å². The average Bonchev–Trinajstić information content (AvgIpc) is 1.99. The van der Waals surface area contributed by atoms with Crippen LogP contribution in [0.15, 0.2) is 28.7 Å². The summed E-state index contributed by atoms with van der Waals surface area (Å²) in [6.45, 7) is 0. The van der Waals surface area contributed by atoms with Gasteiger partial charge in [-0.05, 0) is 29.8 Å². The van der Waals surface area contributed by atoms with Gasteiger partial charge >= 0.3 is 0 Å². The van der Waals surface area contributed by atoms with Gasteiger partial charge in [0.05, 0.1) is 0 Å². The molecule has 1 aromatic carbocycles. The van der Waals surface area contributed by atoms with E-state index in [1.165, 1.54) is 6.08 Å². The van der Waals surface area contributed by atoms with Crippen molar-refractivity contribution in [2.45, 2.75) is 0 Å². The van der Waals surface area contributed by atoms with E-state index >= 15 is 0 Å². The van der Waals surface area contributed by atoms with E-state index in [1.807, 2.05) is 6.07 Å². The van der Waals surface area contributed by atoms with Gasteiger partial charge in [-0.3, -0.25) is 4.79 Å². The molecule has 0 aliphatic carbocycles. The third-order valence-electron chi connectivity index (χ3n) is 1.25. The third kappa shape index (κ3) is 2.80. The molecule has 1 aromatic rings. The quantitative estimate of drug-likeness (QED) is 0.577. The van der Waals surface area contributed by atoms with Gasteiger partial charge in [0.15, 0.2) is 0 Å². The molecule has 0 heterocycles. The zero-order valence-corrected chi connectivity index (χ0v) is 8.47. The fraction of sp³-hybridized carbons (Fsp3) is 0. The summed E-state index contributed by atoms with van der Waals surface area (Å²) in [5.74, 6) is 0. The predicted octanol–water partition coefficient (Wildman–Crippen LogP) is 3.31. The van der Waals surface area contributed by atoms with Crippen molar-refractivity contribution in [2.24, 2.45) is 0 Å². The standard InChI is InChI=1S/C9H6BrClO/c10-8-4-7(2-1-3-12)5-9(11)6-8/h1-6H/b2-1+. The highest BCUT2D eigenvalue weighted by atomic mass is 79.9. The zero-order valence-electron chi connectivity index (χ0n) is 6.13. The van der Waals surface area contributed by atoms with Crippen LogP contribution in [-0.4, -0.2) is 6.29 Å². The summed E-state index contributed by atoms with van der Waals surface area (Å²) in [4.78, 5) is 10.0. The van der Waals surface area contributed by atoms with Crippen LogP contribution in [-0.2, 0) is 4.79 Å². The first-order valence-electron chi connectivity index (χ1n) is 3.30. The van der Waals surface area contributed by atoms with Gasteiger partial charge in [0.1, 0.15) is 6.29 Å². The lowest BCUT2D eigenvalue weighted by Crippen LogP contribution is -1.73. The Hall–Kier alpha value is -0.600. The van der Waals surface area contributed by atoms with Crippen molar-refractivity contribution >= 4 is 39.9 Å². The molecule has 0 aliphatic heterocycles. The lowest BCUT2D eigenvalue weighted by Gasteiger charge is -1.95. The molecule has 0 saturated heterocycles. The summed E-state index contributed by atoms with van der Waals surface area (Å²) >= 11 is 9.08. The molecular weight excluding hydrogens is 239 g/mol. The molecule has 0 aromatic heterocycles. The van der Waals surface area contributed by atoms with Gasteiger partial charge in [-0.2, -0.15) is 0 Å². The molecule has 0 radical (unpaired) electrons. The van der Waals surface area contributed by atoms with Crippen molar-refractivity contribution in [1.29, 1.82) is 0 Å². The van der Waals surface area contributed by atoms with Crippen molar-refractivity contribution in [3.63, 3.8) is 0 Å². The Morgan fingerprint density at radius 3 is 2.67 bits per heavy atom. The summed E-state index contributed by atoms with van der Waals surface area (Å²) in [5.41, 5.74) is 0.904. The predicted molar refractivity (Wildman–Crippen MR) is 54.3 cm³/mol. The molecule has 12 heavy (non-hydrogen) atoms. The maximum Gasteiger partial charge on any atom is 0.142 e. The monoisotopic (exact) mass is 244 g/mol. The minimum absolute atomic E-state index is 0.648. The number of rotatable bonds is 2. The molecule has 0 atom stereocenters. The minimum atomic E-state index is 0.648. The van der Waals surface area contributed by atoms with Crippen molar-refractivity contribution < 1.29 is 4.79 Å². The summed E-state index contributed by atoms with van der Waals surface area (Å²) in [5, 5.41) is 0.648. The molecule has 0 fully saturated rings. The SMILES string of the molecule is O=C/C=C/c1cc(Cl)cc(Br)c1. The normalized spacial score (nSPS) is 10.5. The Morgan fingerprint density at radius 1 is 1.33 bits per heavy atom. The van der Waals surface area contributed by atoms with Crippen LogP contribution in [0.2, 0.25) is 5.02 Å². The highest BCUT2D eigenvalue weighted by molar-refractivity contribution is 9.10. The first-order valence-corrected chi connectivity index (χ1v) is 4.47. The molecule has 0 spiro atoms. The number of hydrogen-bond acceptors (Lipinski definition) is 1. The number of hydrogen-bond donors (Lipinski definition) is 0. The molecule has 0 aliphatic rings. The number of allylic oxidation sites excluding steroid dienone is 1. The van der Waals surface area contributed by atoms with Gasteiger partial charge in [-0.1, -0.05) is 33.6 Å². The van der Waals surface area contributed by atoms with Crippen molar-refractivity contribution in [1.82, 2.24) is 0 Å². The minimum Gasteiger partial charge on any atom is -0.299 e. The number of aldehydes is 1. The Kier molecular flexibility index (Phi) is 3.50. The fourth-order valence-corrected chi connectivity index (χ4v) is 1.71. The Balaban J connectivity index is 3.00. The average molecular weight is 246 g/mol. The molecule has 0 saturated carbocycles. The zero-order chi connectivity index (χ0) is 8.97. The lowest BCUT2D eigenvalue weighted by molar-refractivity contribution is -0.104. The smallest absolute Gasteiger partial charge is 0.142 e. The molecule has 0 N–H and O–H groups in total. The van der Waals surface area contributed by atoms with Gasteiger partial charge in [-0.15, -0.1) is 0 Å². The summed E-state index contributed by atoms with van der Waals surface area (Å²) in [6.07, 6.45) is 3.86. The van der Waals surface area contributed by atoms with E-state index in [1.54, 1.807) is 18.2 Å². The van der Waals surface area contributed by atoms with Gasteiger partial charge < -0.3 is 0 Å². The van der Waals surface area contributed by atoms with Gasteiger partial charge in [-0.25, -0.2) is 0 Å². The molecular formula is C9H6BrClO.